The van der Waals surface area contributed by atoms with Gasteiger partial charge in [0, 0.05) is 6.54 Å². The van der Waals surface area contributed by atoms with Crippen LogP contribution in [0.15, 0.2) is 11.4 Å². The lowest BCUT2D eigenvalue weighted by Crippen LogP contribution is -2.13. The maximum Gasteiger partial charge on any atom is 0.227 e. The minimum atomic E-state index is 0.182. The average molecular weight is 279 g/mol. The van der Waals surface area contributed by atoms with Gasteiger partial charge in [-0.2, -0.15) is 4.98 Å². The van der Waals surface area contributed by atoms with E-state index in [0.717, 1.165) is 36.0 Å². The van der Waals surface area contributed by atoms with Gasteiger partial charge in [-0.25, -0.2) is 4.98 Å². The van der Waals surface area contributed by atoms with Crippen LogP contribution in [-0.4, -0.2) is 22.6 Å². The molecule has 5 heteroatoms. The Bertz CT molecular complexity index is 526. The van der Waals surface area contributed by atoms with Gasteiger partial charge in [0.1, 0.15) is 4.83 Å². The SMILES string of the molecule is CCCNc1nc(OC(C)CCC)c2ccsc2n1. The number of hydrogen-bond acceptors (Lipinski definition) is 5. The molecule has 0 fully saturated rings. The van der Waals surface area contributed by atoms with Gasteiger partial charge in [0.05, 0.1) is 11.5 Å². The summed E-state index contributed by atoms with van der Waals surface area (Å²) in [5.41, 5.74) is 0. The summed E-state index contributed by atoms with van der Waals surface area (Å²) in [6.07, 6.45) is 3.38. The summed E-state index contributed by atoms with van der Waals surface area (Å²) in [7, 11) is 0. The number of anilines is 1. The van der Waals surface area contributed by atoms with Gasteiger partial charge >= 0.3 is 0 Å². The van der Waals surface area contributed by atoms with Crippen molar-refractivity contribution in [2.75, 3.05) is 11.9 Å². The van der Waals surface area contributed by atoms with Crippen molar-refractivity contribution in [1.29, 1.82) is 0 Å². The molecule has 0 radical (unpaired) electrons. The van der Waals surface area contributed by atoms with E-state index in [1.54, 1.807) is 11.3 Å². The minimum absolute atomic E-state index is 0.182. The molecule has 0 spiro atoms. The molecule has 0 amide bonds. The Morgan fingerprint density at radius 2 is 2.16 bits per heavy atom. The van der Waals surface area contributed by atoms with Crippen LogP contribution in [0.4, 0.5) is 5.95 Å². The second-order valence-electron chi connectivity index (χ2n) is 4.64. The lowest BCUT2D eigenvalue weighted by molar-refractivity contribution is 0.204. The third-order valence-electron chi connectivity index (χ3n) is 2.83. The zero-order chi connectivity index (χ0) is 13.7. The quantitative estimate of drug-likeness (QED) is 0.829. The van der Waals surface area contributed by atoms with E-state index >= 15 is 0 Å². The van der Waals surface area contributed by atoms with Gasteiger partial charge in [0.2, 0.25) is 11.8 Å². The van der Waals surface area contributed by atoms with Crippen LogP contribution >= 0.6 is 11.3 Å². The van der Waals surface area contributed by atoms with Crippen molar-refractivity contribution < 1.29 is 4.74 Å². The molecule has 0 bridgehead atoms. The molecule has 104 valence electrons. The standard InChI is InChI=1S/C14H21N3OS/c1-4-6-10(3)18-12-11-7-9-19-13(11)17-14(16-12)15-8-5-2/h7,9-10H,4-6,8H2,1-3H3,(H,15,16,17). The molecule has 1 unspecified atom stereocenters. The molecule has 0 aromatic carbocycles. The number of nitrogens with zero attached hydrogens (tertiary/aromatic N) is 2. The fourth-order valence-electron chi connectivity index (χ4n) is 1.89. The number of ether oxygens (including phenoxy) is 1. The fraction of sp³-hybridized carbons (Fsp3) is 0.571. The molecule has 2 rings (SSSR count). The van der Waals surface area contributed by atoms with E-state index in [1.807, 2.05) is 11.4 Å². The van der Waals surface area contributed by atoms with Gasteiger partial charge in [-0.05, 0) is 31.2 Å². The third-order valence-corrected chi connectivity index (χ3v) is 3.64. The Hall–Kier alpha value is -1.36. The lowest BCUT2D eigenvalue weighted by Gasteiger charge is -2.14. The Morgan fingerprint density at radius 3 is 2.89 bits per heavy atom. The maximum absolute atomic E-state index is 5.96. The van der Waals surface area contributed by atoms with Crippen molar-refractivity contribution in [2.24, 2.45) is 0 Å². The molecule has 19 heavy (non-hydrogen) atoms. The highest BCUT2D eigenvalue weighted by Crippen LogP contribution is 2.29. The molecule has 1 N–H and O–H groups in total. The van der Waals surface area contributed by atoms with Gasteiger partial charge in [-0.15, -0.1) is 11.3 Å². The lowest BCUT2D eigenvalue weighted by atomic mass is 10.2. The zero-order valence-electron chi connectivity index (χ0n) is 11.8. The highest BCUT2D eigenvalue weighted by atomic mass is 32.1. The normalized spacial score (nSPS) is 12.6. The molecule has 0 aliphatic carbocycles. The number of rotatable bonds is 7. The number of fused-ring (bicyclic) bond motifs is 1. The first-order valence-corrected chi connectivity index (χ1v) is 7.78. The van der Waals surface area contributed by atoms with E-state index in [-0.39, 0.29) is 6.10 Å². The van der Waals surface area contributed by atoms with Gasteiger partial charge in [-0.3, -0.25) is 0 Å². The molecule has 2 aromatic rings. The van der Waals surface area contributed by atoms with Gasteiger partial charge in [-0.1, -0.05) is 20.3 Å². The van der Waals surface area contributed by atoms with Gasteiger partial charge < -0.3 is 10.1 Å². The van der Waals surface area contributed by atoms with E-state index in [2.05, 4.69) is 36.1 Å². The summed E-state index contributed by atoms with van der Waals surface area (Å²) in [5, 5.41) is 6.26. The van der Waals surface area contributed by atoms with Gasteiger partial charge in [0.15, 0.2) is 0 Å². The largest absolute Gasteiger partial charge is 0.474 e. The Labute approximate surface area is 118 Å². The first-order chi connectivity index (χ1) is 9.24. The zero-order valence-corrected chi connectivity index (χ0v) is 12.6. The van der Waals surface area contributed by atoms with Crippen LogP contribution in [0.1, 0.15) is 40.0 Å². The number of aromatic nitrogens is 2. The van der Waals surface area contributed by atoms with E-state index in [0.29, 0.717) is 11.8 Å². The monoisotopic (exact) mass is 279 g/mol. The summed E-state index contributed by atoms with van der Waals surface area (Å²) in [6, 6.07) is 2.03. The highest BCUT2D eigenvalue weighted by Gasteiger charge is 2.12. The average Bonchev–Trinajstić information content (AvgIpc) is 2.85. The Kier molecular flexibility index (Phi) is 4.96. The maximum atomic E-state index is 5.96. The topological polar surface area (TPSA) is 47.0 Å². The number of thiophene rings is 1. The highest BCUT2D eigenvalue weighted by molar-refractivity contribution is 7.16. The van der Waals surface area contributed by atoms with Crippen molar-refractivity contribution in [2.45, 2.75) is 46.1 Å². The summed E-state index contributed by atoms with van der Waals surface area (Å²) in [5.74, 6) is 1.36. The molecule has 2 aromatic heterocycles. The van der Waals surface area contributed by atoms with Crippen LogP contribution in [-0.2, 0) is 0 Å². The summed E-state index contributed by atoms with van der Waals surface area (Å²) in [4.78, 5) is 9.98. The van der Waals surface area contributed by atoms with E-state index in [9.17, 15) is 0 Å². The molecule has 0 aliphatic heterocycles. The Balaban J connectivity index is 2.25. The fourth-order valence-corrected chi connectivity index (χ4v) is 2.64. The second-order valence-corrected chi connectivity index (χ2v) is 5.53. The van der Waals surface area contributed by atoms with Crippen molar-refractivity contribution in [3.8, 4) is 5.88 Å². The van der Waals surface area contributed by atoms with Crippen molar-refractivity contribution in [3.05, 3.63) is 11.4 Å². The minimum Gasteiger partial charge on any atom is -0.474 e. The van der Waals surface area contributed by atoms with Crippen LogP contribution in [0.3, 0.4) is 0 Å². The molecule has 2 heterocycles. The molecule has 0 aliphatic rings. The molecule has 4 nitrogen and oxygen atoms in total. The smallest absolute Gasteiger partial charge is 0.227 e. The van der Waals surface area contributed by atoms with Crippen LogP contribution in [0.2, 0.25) is 0 Å². The first-order valence-electron chi connectivity index (χ1n) is 6.90. The van der Waals surface area contributed by atoms with Crippen LogP contribution in [0, 0.1) is 0 Å². The molecule has 0 saturated heterocycles. The molecular formula is C14H21N3OS. The molecule has 0 saturated carbocycles. The Morgan fingerprint density at radius 1 is 1.32 bits per heavy atom. The number of nitrogens with one attached hydrogen (secondary N) is 1. The van der Waals surface area contributed by atoms with Gasteiger partial charge in [0.25, 0.3) is 0 Å². The molecular weight excluding hydrogens is 258 g/mol. The van der Waals surface area contributed by atoms with Crippen molar-refractivity contribution in [3.63, 3.8) is 0 Å². The predicted molar refractivity (Wildman–Crippen MR) is 81.2 cm³/mol. The van der Waals surface area contributed by atoms with Crippen LogP contribution in [0.25, 0.3) is 10.2 Å². The summed E-state index contributed by atoms with van der Waals surface area (Å²) >= 11 is 1.62. The third kappa shape index (κ3) is 3.56. The van der Waals surface area contributed by atoms with E-state index in [4.69, 9.17) is 4.74 Å². The second kappa shape index (κ2) is 6.70. The number of hydrogen-bond donors (Lipinski definition) is 1. The first kappa shape index (κ1) is 14.1. The van der Waals surface area contributed by atoms with Crippen LogP contribution in [0.5, 0.6) is 5.88 Å². The summed E-state index contributed by atoms with van der Waals surface area (Å²) < 4.78 is 5.96. The molecule has 1 atom stereocenters. The van der Waals surface area contributed by atoms with E-state index < -0.39 is 0 Å². The van der Waals surface area contributed by atoms with Crippen molar-refractivity contribution >= 4 is 27.5 Å². The van der Waals surface area contributed by atoms with E-state index in [1.165, 1.54) is 0 Å². The summed E-state index contributed by atoms with van der Waals surface area (Å²) in [6.45, 7) is 7.25. The van der Waals surface area contributed by atoms with Crippen LogP contribution < -0.4 is 10.1 Å². The van der Waals surface area contributed by atoms with Crippen molar-refractivity contribution in [1.82, 2.24) is 9.97 Å². The predicted octanol–water partition coefficient (Wildman–Crippen LogP) is 4.08.